The number of nitrogens with one attached hydrogen (secondary N) is 2. The van der Waals surface area contributed by atoms with E-state index in [1.54, 1.807) is 29.3 Å². The number of amides is 1. The van der Waals surface area contributed by atoms with Crippen molar-refractivity contribution in [3.63, 3.8) is 0 Å². The Morgan fingerprint density at radius 3 is 3.15 bits per heavy atom. The number of aromatic amines is 1. The second-order valence-corrected chi connectivity index (χ2v) is 6.00. The molecule has 0 unspecified atom stereocenters. The van der Waals surface area contributed by atoms with Gasteiger partial charge < -0.3 is 9.72 Å². The van der Waals surface area contributed by atoms with Crippen LogP contribution in [0, 0.1) is 0 Å². The van der Waals surface area contributed by atoms with Crippen molar-refractivity contribution >= 4 is 46.2 Å². The maximum Gasteiger partial charge on any atom is 0.413 e. The summed E-state index contributed by atoms with van der Waals surface area (Å²) >= 11 is 3.18. The first-order chi connectivity index (χ1) is 9.74. The number of thiazole rings is 1. The summed E-state index contributed by atoms with van der Waals surface area (Å²) in [6.07, 6.45) is 1.22. The second kappa shape index (κ2) is 5.51. The number of imidazole rings is 1. The molecule has 0 aliphatic carbocycles. The number of benzene rings is 1. The van der Waals surface area contributed by atoms with Crippen LogP contribution in [-0.4, -0.2) is 28.2 Å². The first-order valence-electron chi connectivity index (χ1n) is 5.66. The molecule has 0 fully saturated rings. The lowest BCUT2D eigenvalue weighted by molar-refractivity contribution is 0.186. The molecule has 0 bridgehead atoms. The average Bonchev–Trinajstić information content (AvgIpc) is 3.07. The Balaban J connectivity index is 1.85. The Hall–Kier alpha value is -2.06. The van der Waals surface area contributed by atoms with Gasteiger partial charge in [0, 0.05) is 16.5 Å². The highest BCUT2D eigenvalue weighted by molar-refractivity contribution is 8.01. The van der Waals surface area contributed by atoms with Gasteiger partial charge in [-0.3, -0.25) is 5.32 Å². The van der Waals surface area contributed by atoms with Gasteiger partial charge in [0.05, 0.1) is 18.1 Å². The summed E-state index contributed by atoms with van der Waals surface area (Å²) < 4.78 is 5.51. The Labute approximate surface area is 122 Å². The summed E-state index contributed by atoms with van der Waals surface area (Å²) in [5, 5.41) is 4.44. The molecule has 102 valence electrons. The fourth-order valence-electron chi connectivity index (χ4n) is 1.62. The molecule has 3 rings (SSSR count). The number of H-pyrrole nitrogens is 1. The monoisotopic (exact) mass is 306 g/mol. The van der Waals surface area contributed by atoms with E-state index in [1.807, 2.05) is 23.6 Å². The highest BCUT2D eigenvalue weighted by atomic mass is 32.2. The molecule has 0 radical (unpaired) electrons. The number of hydrogen-bond acceptors (Lipinski definition) is 6. The molecule has 0 atom stereocenters. The van der Waals surface area contributed by atoms with Gasteiger partial charge in [0.25, 0.3) is 0 Å². The molecule has 2 N–H and O–H groups in total. The van der Waals surface area contributed by atoms with E-state index in [1.165, 1.54) is 7.11 Å². The molecule has 8 heteroatoms. The summed E-state index contributed by atoms with van der Waals surface area (Å²) in [5.41, 5.74) is 1.62. The minimum atomic E-state index is -0.554. The molecular weight excluding hydrogens is 296 g/mol. The molecule has 20 heavy (non-hydrogen) atoms. The van der Waals surface area contributed by atoms with E-state index < -0.39 is 6.09 Å². The zero-order valence-corrected chi connectivity index (χ0v) is 12.0. The maximum absolute atomic E-state index is 11.1. The van der Waals surface area contributed by atoms with Crippen LogP contribution in [-0.2, 0) is 4.74 Å². The number of aromatic nitrogens is 3. The third-order valence-corrected chi connectivity index (χ3v) is 4.35. The van der Waals surface area contributed by atoms with E-state index in [0.717, 1.165) is 20.3 Å². The first kappa shape index (κ1) is 12.9. The van der Waals surface area contributed by atoms with Crippen LogP contribution in [0.15, 0.2) is 39.0 Å². The largest absolute Gasteiger partial charge is 0.453 e. The summed E-state index contributed by atoms with van der Waals surface area (Å²) in [5.74, 6) is 0.364. The van der Waals surface area contributed by atoms with Gasteiger partial charge in [-0.2, -0.15) is 0 Å². The van der Waals surface area contributed by atoms with E-state index in [2.05, 4.69) is 25.0 Å². The van der Waals surface area contributed by atoms with E-state index in [4.69, 9.17) is 0 Å². The SMILES string of the molecule is COC(=O)Nc1nc2ccc(Sc3nccs3)cc2[nH]1. The number of rotatable bonds is 3. The van der Waals surface area contributed by atoms with Crippen molar-refractivity contribution in [3.8, 4) is 0 Å². The van der Waals surface area contributed by atoms with Gasteiger partial charge in [-0.05, 0) is 18.2 Å². The maximum atomic E-state index is 11.1. The van der Waals surface area contributed by atoms with Crippen LogP contribution in [0.5, 0.6) is 0 Å². The standard InChI is InChI=1S/C12H10N4O2S2/c1-18-11(17)16-10-14-8-3-2-7(6-9(8)15-10)20-12-13-4-5-19-12/h2-6H,1H3,(H2,14,15,16,17). The quantitative estimate of drug-likeness (QED) is 0.775. The molecule has 0 saturated carbocycles. The van der Waals surface area contributed by atoms with Crippen LogP contribution in [0.25, 0.3) is 11.0 Å². The van der Waals surface area contributed by atoms with Gasteiger partial charge >= 0.3 is 6.09 Å². The van der Waals surface area contributed by atoms with Gasteiger partial charge in [-0.15, -0.1) is 11.3 Å². The third kappa shape index (κ3) is 2.75. The minimum absolute atomic E-state index is 0.364. The topological polar surface area (TPSA) is 79.9 Å². The van der Waals surface area contributed by atoms with Crippen LogP contribution in [0.1, 0.15) is 0 Å². The molecule has 6 nitrogen and oxygen atoms in total. The second-order valence-electron chi connectivity index (χ2n) is 3.78. The minimum Gasteiger partial charge on any atom is -0.453 e. The fraction of sp³-hybridized carbons (Fsp3) is 0.0833. The Bertz CT molecular complexity index is 739. The van der Waals surface area contributed by atoms with Gasteiger partial charge in [0.15, 0.2) is 4.34 Å². The number of hydrogen-bond donors (Lipinski definition) is 2. The van der Waals surface area contributed by atoms with Crippen LogP contribution in [0.4, 0.5) is 10.7 Å². The zero-order chi connectivity index (χ0) is 13.9. The van der Waals surface area contributed by atoms with Gasteiger partial charge in [0.2, 0.25) is 5.95 Å². The molecule has 0 aliphatic rings. The smallest absolute Gasteiger partial charge is 0.413 e. The summed E-state index contributed by atoms with van der Waals surface area (Å²) in [6.45, 7) is 0. The van der Waals surface area contributed by atoms with E-state index in [9.17, 15) is 4.79 Å². The lowest BCUT2D eigenvalue weighted by atomic mass is 10.3. The predicted molar refractivity (Wildman–Crippen MR) is 78.4 cm³/mol. The molecule has 3 aromatic rings. The first-order valence-corrected chi connectivity index (χ1v) is 7.36. The van der Waals surface area contributed by atoms with Crippen molar-refractivity contribution in [2.75, 3.05) is 12.4 Å². The van der Waals surface area contributed by atoms with Crippen molar-refractivity contribution in [2.45, 2.75) is 9.24 Å². The number of ether oxygens (including phenoxy) is 1. The van der Waals surface area contributed by atoms with Crippen LogP contribution in [0.2, 0.25) is 0 Å². The van der Waals surface area contributed by atoms with Crippen molar-refractivity contribution < 1.29 is 9.53 Å². The van der Waals surface area contributed by atoms with Crippen molar-refractivity contribution in [1.29, 1.82) is 0 Å². The molecule has 2 heterocycles. The normalized spacial score (nSPS) is 10.7. The molecule has 1 aromatic carbocycles. The number of fused-ring (bicyclic) bond motifs is 1. The highest BCUT2D eigenvalue weighted by Crippen LogP contribution is 2.31. The van der Waals surface area contributed by atoms with Crippen molar-refractivity contribution in [1.82, 2.24) is 15.0 Å². The Kier molecular flexibility index (Phi) is 3.57. The lowest BCUT2D eigenvalue weighted by Gasteiger charge is -1.97. The third-order valence-electron chi connectivity index (χ3n) is 2.47. The fourth-order valence-corrected chi connectivity index (χ4v) is 3.26. The highest BCUT2D eigenvalue weighted by Gasteiger charge is 2.08. The Morgan fingerprint density at radius 1 is 1.50 bits per heavy atom. The zero-order valence-electron chi connectivity index (χ0n) is 10.4. The molecule has 0 aliphatic heterocycles. The van der Waals surface area contributed by atoms with E-state index in [0.29, 0.717) is 5.95 Å². The molecule has 1 amide bonds. The average molecular weight is 306 g/mol. The number of nitrogens with zero attached hydrogens (tertiary/aromatic N) is 2. The lowest BCUT2D eigenvalue weighted by Crippen LogP contribution is -2.11. The number of methoxy groups -OCH3 is 1. The summed E-state index contributed by atoms with van der Waals surface area (Å²) in [7, 11) is 1.31. The van der Waals surface area contributed by atoms with Crippen LogP contribution < -0.4 is 5.32 Å². The number of anilines is 1. The van der Waals surface area contributed by atoms with Crippen molar-refractivity contribution in [3.05, 3.63) is 29.8 Å². The van der Waals surface area contributed by atoms with Crippen LogP contribution >= 0.6 is 23.1 Å². The summed E-state index contributed by atoms with van der Waals surface area (Å²) in [4.78, 5) is 23.7. The number of carbonyl (C=O) groups is 1. The van der Waals surface area contributed by atoms with E-state index >= 15 is 0 Å². The van der Waals surface area contributed by atoms with Gasteiger partial charge in [-0.25, -0.2) is 14.8 Å². The van der Waals surface area contributed by atoms with Crippen LogP contribution in [0.3, 0.4) is 0 Å². The van der Waals surface area contributed by atoms with Gasteiger partial charge in [-0.1, -0.05) is 11.8 Å². The van der Waals surface area contributed by atoms with E-state index in [-0.39, 0.29) is 0 Å². The Morgan fingerprint density at radius 2 is 2.40 bits per heavy atom. The molecule has 0 spiro atoms. The van der Waals surface area contributed by atoms with Gasteiger partial charge in [0.1, 0.15) is 0 Å². The van der Waals surface area contributed by atoms with Crippen molar-refractivity contribution in [2.24, 2.45) is 0 Å². The molecule has 2 aromatic heterocycles. The molecule has 0 saturated heterocycles. The summed E-state index contributed by atoms with van der Waals surface area (Å²) in [6, 6.07) is 5.83. The number of carbonyl (C=O) groups excluding carboxylic acids is 1. The predicted octanol–water partition coefficient (Wildman–Crippen LogP) is 3.35. The molecular formula is C12H10N4O2S2.